The second kappa shape index (κ2) is 7.08. The first kappa shape index (κ1) is 18.0. The van der Waals surface area contributed by atoms with Crippen molar-refractivity contribution in [2.24, 2.45) is 0 Å². The second-order valence-corrected chi connectivity index (χ2v) is 7.69. The molecule has 7 heteroatoms. The molecule has 0 bridgehead atoms. The third-order valence-electron chi connectivity index (χ3n) is 5.99. The highest BCUT2D eigenvalue weighted by Crippen LogP contribution is 2.31. The van der Waals surface area contributed by atoms with Crippen LogP contribution in [0.1, 0.15) is 33.6 Å². The molecule has 1 aliphatic carbocycles. The minimum atomic E-state index is -0.0486. The van der Waals surface area contributed by atoms with Crippen LogP contribution in [0, 0.1) is 6.92 Å². The van der Waals surface area contributed by atoms with E-state index >= 15 is 0 Å². The number of rotatable bonds is 3. The number of aromatic nitrogens is 4. The number of carbonyl (C=O) groups excluding carboxylic acids is 1. The molecule has 7 nitrogen and oxygen atoms in total. The van der Waals surface area contributed by atoms with Gasteiger partial charge in [0.1, 0.15) is 0 Å². The van der Waals surface area contributed by atoms with Gasteiger partial charge in [-0.1, -0.05) is 24.3 Å². The predicted molar refractivity (Wildman–Crippen MR) is 108 cm³/mol. The zero-order valence-electron chi connectivity index (χ0n) is 16.6. The van der Waals surface area contributed by atoms with Gasteiger partial charge in [0.15, 0.2) is 0 Å². The molecule has 0 spiro atoms. The van der Waals surface area contributed by atoms with Gasteiger partial charge in [0.2, 0.25) is 0 Å². The van der Waals surface area contributed by atoms with Crippen molar-refractivity contribution in [3.8, 4) is 17.2 Å². The van der Waals surface area contributed by atoms with Crippen molar-refractivity contribution in [1.29, 1.82) is 0 Å². The van der Waals surface area contributed by atoms with E-state index in [0.717, 1.165) is 41.8 Å². The highest BCUT2D eigenvalue weighted by atomic mass is 16.5. The number of nitrogens with zero attached hydrogens (tertiary/aromatic N) is 5. The molecule has 0 saturated carbocycles. The van der Waals surface area contributed by atoms with E-state index in [0.29, 0.717) is 24.7 Å². The summed E-state index contributed by atoms with van der Waals surface area (Å²) >= 11 is 0. The smallest absolute Gasteiger partial charge is 0.257 e. The largest absolute Gasteiger partial charge is 0.379 e. The number of hydrogen-bond acceptors (Lipinski definition) is 5. The van der Waals surface area contributed by atoms with Gasteiger partial charge in [-0.15, -0.1) is 0 Å². The van der Waals surface area contributed by atoms with E-state index in [1.54, 1.807) is 15.8 Å². The number of hydrogen-bond donors (Lipinski definition) is 0. The van der Waals surface area contributed by atoms with Crippen molar-refractivity contribution in [3.05, 3.63) is 59.0 Å². The van der Waals surface area contributed by atoms with Crippen LogP contribution in [-0.2, 0) is 17.6 Å². The van der Waals surface area contributed by atoms with Crippen molar-refractivity contribution < 1.29 is 9.53 Å². The Morgan fingerprint density at radius 2 is 2.03 bits per heavy atom. The lowest BCUT2D eigenvalue weighted by atomic mass is 9.90. The van der Waals surface area contributed by atoms with Crippen LogP contribution in [-0.4, -0.2) is 56.9 Å². The van der Waals surface area contributed by atoms with Crippen LogP contribution in [0.4, 0.5) is 0 Å². The zero-order valence-corrected chi connectivity index (χ0v) is 16.6. The van der Waals surface area contributed by atoms with Gasteiger partial charge in [0.25, 0.3) is 11.9 Å². The standard InChI is InChI=1S/C22H23N5O2/c1-14-19(21(28)26(2)17-9-10-29-13-17)12-24-27(14)22-23-11-16-8-7-15-5-3-4-6-18(15)20(16)25-22/h3-6,11-12,17H,7-10,13H2,1-2H3. The van der Waals surface area contributed by atoms with Crippen LogP contribution < -0.4 is 0 Å². The molecule has 2 aliphatic rings. The Morgan fingerprint density at radius 1 is 1.21 bits per heavy atom. The summed E-state index contributed by atoms with van der Waals surface area (Å²) in [6.07, 6.45) is 6.30. The molecule has 29 heavy (non-hydrogen) atoms. The Labute approximate surface area is 169 Å². The van der Waals surface area contributed by atoms with Crippen LogP contribution in [0.5, 0.6) is 0 Å². The summed E-state index contributed by atoms with van der Waals surface area (Å²) < 4.78 is 7.07. The van der Waals surface area contributed by atoms with Crippen LogP contribution in [0.15, 0.2) is 36.7 Å². The molecule has 1 aromatic carbocycles. The Hall–Kier alpha value is -3.06. The number of likely N-dealkylation sites (N-methyl/N-ethyl adjacent to an activating group) is 1. The number of ether oxygens (including phenoxy) is 1. The van der Waals surface area contributed by atoms with Gasteiger partial charge in [-0.25, -0.2) is 14.6 Å². The minimum absolute atomic E-state index is 0.0486. The van der Waals surface area contributed by atoms with Gasteiger partial charge in [0, 0.05) is 25.4 Å². The maximum absolute atomic E-state index is 13.0. The van der Waals surface area contributed by atoms with E-state index < -0.39 is 0 Å². The fourth-order valence-electron chi connectivity index (χ4n) is 4.16. The highest BCUT2D eigenvalue weighted by molar-refractivity contribution is 5.95. The maximum Gasteiger partial charge on any atom is 0.257 e. The number of aryl methyl sites for hydroxylation is 2. The van der Waals surface area contributed by atoms with Crippen molar-refractivity contribution in [1.82, 2.24) is 24.6 Å². The van der Waals surface area contributed by atoms with Gasteiger partial charge >= 0.3 is 0 Å². The molecule has 5 rings (SSSR count). The van der Waals surface area contributed by atoms with Gasteiger partial charge in [-0.05, 0) is 37.3 Å². The molecule has 1 atom stereocenters. The Balaban J connectivity index is 1.49. The van der Waals surface area contributed by atoms with Crippen LogP contribution in [0.2, 0.25) is 0 Å². The third kappa shape index (κ3) is 3.02. The van der Waals surface area contributed by atoms with Crippen molar-refractivity contribution in [3.63, 3.8) is 0 Å². The fourth-order valence-corrected chi connectivity index (χ4v) is 4.16. The Kier molecular flexibility index (Phi) is 4.39. The zero-order chi connectivity index (χ0) is 20.0. The van der Waals surface area contributed by atoms with Crippen molar-refractivity contribution in [2.75, 3.05) is 20.3 Å². The molecule has 2 aromatic heterocycles. The summed E-state index contributed by atoms with van der Waals surface area (Å²) in [4.78, 5) is 24.1. The lowest BCUT2D eigenvalue weighted by Crippen LogP contribution is -2.37. The molecule has 1 fully saturated rings. The molecule has 1 unspecified atom stereocenters. The van der Waals surface area contributed by atoms with E-state index in [4.69, 9.17) is 9.72 Å². The molecule has 1 amide bonds. The first-order valence-corrected chi connectivity index (χ1v) is 9.97. The molecule has 3 aromatic rings. The van der Waals surface area contributed by atoms with Gasteiger partial charge in [0.05, 0.1) is 35.8 Å². The van der Waals surface area contributed by atoms with Gasteiger partial charge < -0.3 is 9.64 Å². The highest BCUT2D eigenvalue weighted by Gasteiger charge is 2.28. The number of benzene rings is 1. The first-order valence-electron chi connectivity index (χ1n) is 9.97. The monoisotopic (exact) mass is 389 g/mol. The molecule has 0 radical (unpaired) electrons. The normalized spacial score (nSPS) is 17.7. The lowest BCUT2D eigenvalue weighted by molar-refractivity contribution is 0.0710. The van der Waals surface area contributed by atoms with Crippen molar-refractivity contribution in [2.45, 2.75) is 32.2 Å². The molecule has 148 valence electrons. The van der Waals surface area contributed by atoms with E-state index in [2.05, 4.69) is 28.3 Å². The Morgan fingerprint density at radius 3 is 2.86 bits per heavy atom. The van der Waals surface area contributed by atoms with E-state index in [1.807, 2.05) is 26.2 Å². The van der Waals surface area contributed by atoms with Gasteiger partial charge in [-0.2, -0.15) is 5.10 Å². The topological polar surface area (TPSA) is 73.1 Å². The van der Waals surface area contributed by atoms with Crippen LogP contribution >= 0.6 is 0 Å². The van der Waals surface area contributed by atoms with E-state index in [-0.39, 0.29) is 11.9 Å². The molecule has 0 N–H and O–H groups in total. The maximum atomic E-state index is 13.0. The van der Waals surface area contributed by atoms with E-state index in [9.17, 15) is 4.79 Å². The molecule has 3 heterocycles. The fraction of sp³-hybridized carbons (Fsp3) is 0.364. The molecular formula is C22H23N5O2. The average molecular weight is 389 g/mol. The summed E-state index contributed by atoms with van der Waals surface area (Å²) in [5.74, 6) is 0.441. The summed E-state index contributed by atoms with van der Waals surface area (Å²) in [5, 5.41) is 4.43. The first-order chi connectivity index (χ1) is 14.1. The lowest BCUT2D eigenvalue weighted by Gasteiger charge is -2.23. The van der Waals surface area contributed by atoms with Gasteiger partial charge in [-0.3, -0.25) is 4.79 Å². The number of carbonyl (C=O) groups is 1. The summed E-state index contributed by atoms with van der Waals surface area (Å²) in [6, 6.07) is 8.47. The number of fused-ring (bicyclic) bond motifs is 3. The summed E-state index contributed by atoms with van der Waals surface area (Å²) in [6.45, 7) is 3.17. The predicted octanol–water partition coefficient (Wildman–Crippen LogP) is 2.60. The SMILES string of the molecule is Cc1c(C(=O)N(C)C2CCOC2)cnn1-c1ncc2c(n1)-c1ccccc1CC2. The minimum Gasteiger partial charge on any atom is -0.379 e. The quantitative estimate of drug-likeness (QED) is 0.688. The van der Waals surface area contributed by atoms with E-state index in [1.165, 1.54) is 5.56 Å². The summed E-state index contributed by atoms with van der Waals surface area (Å²) in [5.41, 5.74) is 5.87. The van der Waals surface area contributed by atoms with Crippen LogP contribution in [0.3, 0.4) is 0 Å². The summed E-state index contributed by atoms with van der Waals surface area (Å²) in [7, 11) is 1.82. The third-order valence-corrected chi connectivity index (χ3v) is 5.99. The van der Waals surface area contributed by atoms with Crippen molar-refractivity contribution >= 4 is 5.91 Å². The average Bonchev–Trinajstić information content (AvgIpc) is 3.42. The Bertz CT molecular complexity index is 1080. The molecule has 1 aliphatic heterocycles. The molecular weight excluding hydrogens is 366 g/mol. The number of amides is 1. The molecule has 1 saturated heterocycles. The van der Waals surface area contributed by atoms with Crippen LogP contribution in [0.25, 0.3) is 17.2 Å². The second-order valence-electron chi connectivity index (χ2n) is 7.69.